The lowest BCUT2D eigenvalue weighted by atomic mass is 10.1. The molecule has 25 heavy (non-hydrogen) atoms. The standard InChI is InChI=1S/C19H22FN3O2/c1-14-12-23(18-8-6-17(20)7-9-18)11-10-22(14)13-15-2-4-16(5-3-15)19(24)21-25/h2-9,14,25H,10-13H2,1H3,(H,21,24)/t14-/m0/s1. The van der Waals surface area contributed by atoms with E-state index in [1.54, 1.807) is 17.6 Å². The number of hydrogen-bond acceptors (Lipinski definition) is 4. The average Bonchev–Trinajstić information content (AvgIpc) is 2.64. The second-order valence-electron chi connectivity index (χ2n) is 6.38. The molecule has 5 nitrogen and oxygen atoms in total. The van der Waals surface area contributed by atoms with Gasteiger partial charge in [-0.05, 0) is 48.9 Å². The predicted molar refractivity (Wildman–Crippen MR) is 94.2 cm³/mol. The molecule has 1 amide bonds. The number of carbonyl (C=O) groups excluding carboxylic acids is 1. The molecule has 0 bridgehead atoms. The Balaban J connectivity index is 1.60. The van der Waals surface area contributed by atoms with Gasteiger partial charge in [0.15, 0.2) is 0 Å². The second-order valence-corrected chi connectivity index (χ2v) is 6.38. The van der Waals surface area contributed by atoms with E-state index in [2.05, 4.69) is 16.7 Å². The molecule has 1 heterocycles. The van der Waals surface area contributed by atoms with Crippen LogP contribution in [0.2, 0.25) is 0 Å². The summed E-state index contributed by atoms with van der Waals surface area (Å²) in [4.78, 5) is 16.0. The van der Waals surface area contributed by atoms with E-state index >= 15 is 0 Å². The fraction of sp³-hybridized carbons (Fsp3) is 0.316. The summed E-state index contributed by atoms with van der Waals surface area (Å²) in [6, 6.07) is 14.2. The Bertz CT molecular complexity index is 718. The van der Waals surface area contributed by atoms with Crippen molar-refractivity contribution in [2.75, 3.05) is 24.5 Å². The summed E-state index contributed by atoms with van der Waals surface area (Å²) in [5.41, 5.74) is 4.24. The van der Waals surface area contributed by atoms with Crippen LogP contribution in [0.25, 0.3) is 0 Å². The van der Waals surface area contributed by atoms with E-state index in [0.717, 1.165) is 37.4 Å². The van der Waals surface area contributed by atoms with Gasteiger partial charge in [-0.15, -0.1) is 0 Å². The number of carbonyl (C=O) groups is 1. The van der Waals surface area contributed by atoms with E-state index < -0.39 is 5.91 Å². The molecule has 6 heteroatoms. The number of piperazine rings is 1. The maximum atomic E-state index is 13.1. The number of nitrogens with one attached hydrogen (secondary N) is 1. The third-order valence-corrected chi connectivity index (χ3v) is 4.66. The van der Waals surface area contributed by atoms with Gasteiger partial charge in [0.05, 0.1) is 0 Å². The molecule has 2 aromatic carbocycles. The van der Waals surface area contributed by atoms with Crippen molar-refractivity contribution in [2.45, 2.75) is 19.5 Å². The summed E-state index contributed by atoms with van der Waals surface area (Å²) in [6.45, 7) is 5.68. The van der Waals surface area contributed by atoms with Crippen molar-refractivity contribution >= 4 is 11.6 Å². The lowest BCUT2D eigenvalue weighted by Crippen LogP contribution is -2.51. The van der Waals surface area contributed by atoms with Crippen molar-refractivity contribution in [3.05, 3.63) is 65.5 Å². The van der Waals surface area contributed by atoms with Gasteiger partial charge in [-0.25, -0.2) is 9.87 Å². The first kappa shape index (κ1) is 17.4. The first-order valence-electron chi connectivity index (χ1n) is 8.35. The van der Waals surface area contributed by atoms with Gasteiger partial charge in [0.2, 0.25) is 0 Å². The molecule has 0 saturated carbocycles. The molecule has 1 atom stereocenters. The van der Waals surface area contributed by atoms with Crippen LogP contribution in [0.1, 0.15) is 22.8 Å². The number of hydroxylamine groups is 1. The molecule has 132 valence electrons. The summed E-state index contributed by atoms with van der Waals surface area (Å²) in [7, 11) is 0. The molecule has 2 aromatic rings. The molecule has 0 unspecified atom stereocenters. The maximum Gasteiger partial charge on any atom is 0.274 e. The Morgan fingerprint density at radius 1 is 1.16 bits per heavy atom. The van der Waals surface area contributed by atoms with Crippen molar-refractivity contribution < 1.29 is 14.4 Å². The van der Waals surface area contributed by atoms with Crippen LogP contribution >= 0.6 is 0 Å². The minimum Gasteiger partial charge on any atom is -0.369 e. The van der Waals surface area contributed by atoms with Crippen LogP contribution in [0.15, 0.2) is 48.5 Å². The third kappa shape index (κ3) is 4.15. The van der Waals surface area contributed by atoms with E-state index in [0.29, 0.717) is 11.6 Å². The van der Waals surface area contributed by atoms with Crippen LogP contribution in [-0.2, 0) is 6.54 Å². The molecular weight excluding hydrogens is 321 g/mol. The van der Waals surface area contributed by atoms with Crippen molar-refractivity contribution in [2.24, 2.45) is 0 Å². The average molecular weight is 343 g/mol. The minimum absolute atomic E-state index is 0.214. The van der Waals surface area contributed by atoms with E-state index in [-0.39, 0.29) is 5.82 Å². The van der Waals surface area contributed by atoms with E-state index in [4.69, 9.17) is 5.21 Å². The van der Waals surface area contributed by atoms with Crippen LogP contribution in [0.4, 0.5) is 10.1 Å². The Labute approximate surface area is 146 Å². The zero-order valence-electron chi connectivity index (χ0n) is 14.2. The first-order valence-corrected chi connectivity index (χ1v) is 8.35. The van der Waals surface area contributed by atoms with Crippen molar-refractivity contribution in [3.63, 3.8) is 0 Å². The Kier molecular flexibility index (Phi) is 5.31. The number of anilines is 1. The molecule has 1 saturated heterocycles. The SMILES string of the molecule is C[C@H]1CN(c2ccc(F)cc2)CCN1Cc1ccc(C(=O)NO)cc1. The summed E-state index contributed by atoms with van der Waals surface area (Å²) < 4.78 is 13.1. The highest BCUT2D eigenvalue weighted by Gasteiger charge is 2.23. The van der Waals surface area contributed by atoms with E-state index in [1.165, 1.54) is 12.1 Å². The monoisotopic (exact) mass is 343 g/mol. The van der Waals surface area contributed by atoms with Gasteiger partial charge in [0.25, 0.3) is 5.91 Å². The van der Waals surface area contributed by atoms with Crippen molar-refractivity contribution in [1.29, 1.82) is 0 Å². The smallest absolute Gasteiger partial charge is 0.274 e. The van der Waals surface area contributed by atoms with Gasteiger partial charge in [0, 0.05) is 43.5 Å². The maximum absolute atomic E-state index is 13.1. The van der Waals surface area contributed by atoms with Gasteiger partial charge in [-0.2, -0.15) is 0 Å². The topological polar surface area (TPSA) is 55.8 Å². The number of halogens is 1. The normalized spacial score (nSPS) is 18.2. The fourth-order valence-electron chi connectivity index (χ4n) is 3.18. The summed E-state index contributed by atoms with van der Waals surface area (Å²) in [5, 5.41) is 8.65. The molecule has 3 rings (SSSR count). The van der Waals surface area contributed by atoms with Gasteiger partial charge >= 0.3 is 0 Å². The van der Waals surface area contributed by atoms with Gasteiger partial charge in [-0.1, -0.05) is 12.1 Å². The lowest BCUT2D eigenvalue weighted by Gasteiger charge is -2.41. The third-order valence-electron chi connectivity index (χ3n) is 4.66. The zero-order chi connectivity index (χ0) is 17.8. The highest BCUT2D eigenvalue weighted by molar-refractivity contribution is 5.93. The Morgan fingerprint density at radius 3 is 2.44 bits per heavy atom. The van der Waals surface area contributed by atoms with Crippen LogP contribution in [0.3, 0.4) is 0 Å². The first-order chi connectivity index (χ1) is 12.1. The van der Waals surface area contributed by atoms with Crippen LogP contribution in [-0.4, -0.2) is 41.7 Å². The molecule has 2 N–H and O–H groups in total. The van der Waals surface area contributed by atoms with Crippen molar-refractivity contribution in [3.8, 4) is 0 Å². The number of benzene rings is 2. The molecule has 0 aromatic heterocycles. The highest BCUT2D eigenvalue weighted by atomic mass is 19.1. The number of nitrogens with zero attached hydrogens (tertiary/aromatic N) is 2. The summed E-state index contributed by atoms with van der Waals surface area (Å²) in [6.07, 6.45) is 0. The van der Waals surface area contributed by atoms with E-state index in [1.807, 2.05) is 24.3 Å². The van der Waals surface area contributed by atoms with Crippen LogP contribution < -0.4 is 10.4 Å². The molecule has 1 fully saturated rings. The lowest BCUT2D eigenvalue weighted by molar-refractivity contribution is 0.0706. The van der Waals surface area contributed by atoms with Crippen LogP contribution in [0, 0.1) is 5.82 Å². The molecular formula is C19H22FN3O2. The van der Waals surface area contributed by atoms with Crippen LogP contribution in [0.5, 0.6) is 0 Å². The zero-order valence-corrected chi connectivity index (χ0v) is 14.2. The Morgan fingerprint density at radius 2 is 1.84 bits per heavy atom. The molecule has 1 aliphatic rings. The second kappa shape index (κ2) is 7.63. The summed E-state index contributed by atoms with van der Waals surface area (Å²) in [5.74, 6) is -0.721. The molecule has 0 radical (unpaired) electrons. The predicted octanol–water partition coefficient (Wildman–Crippen LogP) is 2.66. The number of amides is 1. The quantitative estimate of drug-likeness (QED) is 0.662. The van der Waals surface area contributed by atoms with Gasteiger partial charge in [0.1, 0.15) is 5.82 Å². The van der Waals surface area contributed by atoms with Gasteiger partial charge < -0.3 is 4.90 Å². The highest BCUT2D eigenvalue weighted by Crippen LogP contribution is 2.21. The molecule has 0 spiro atoms. The number of rotatable bonds is 4. The minimum atomic E-state index is -0.507. The number of hydrogen-bond donors (Lipinski definition) is 2. The largest absolute Gasteiger partial charge is 0.369 e. The fourth-order valence-corrected chi connectivity index (χ4v) is 3.18. The molecule has 0 aliphatic carbocycles. The summed E-state index contributed by atoms with van der Waals surface area (Å²) >= 11 is 0. The van der Waals surface area contributed by atoms with Gasteiger partial charge in [-0.3, -0.25) is 14.9 Å². The Hall–Kier alpha value is -2.44. The molecule has 1 aliphatic heterocycles. The van der Waals surface area contributed by atoms with E-state index in [9.17, 15) is 9.18 Å². The van der Waals surface area contributed by atoms with Crippen molar-refractivity contribution in [1.82, 2.24) is 10.4 Å².